The normalized spacial score (nSPS) is 12.4. The largest absolute Gasteiger partial charge is 0.458 e. The molecule has 0 radical (unpaired) electrons. The lowest BCUT2D eigenvalue weighted by Gasteiger charge is -2.17. The smallest absolute Gasteiger partial charge is 0.203 e. The Labute approximate surface area is 218 Å². The van der Waals surface area contributed by atoms with Crippen LogP contribution in [0, 0.1) is 25.5 Å². The number of benzene rings is 2. The second-order valence-electron chi connectivity index (χ2n) is 8.87. The molecule has 0 aliphatic heterocycles. The Morgan fingerprint density at radius 3 is 2.61 bits per heavy atom. The Morgan fingerprint density at radius 1 is 1.08 bits per heavy atom. The van der Waals surface area contributed by atoms with E-state index in [4.69, 9.17) is 15.2 Å². The second-order valence-corrected chi connectivity index (χ2v) is 10.1. The zero-order valence-electron chi connectivity index (χ0n) is 20.5. The third-order valence-corrected chi connectivity index (χ3v) is 7.47. The molecular weight excluding hydrogens is 510 g/mol. The first-order valence-corrected chi connectivity index (χ1v) is 12.5. The summed E-state index contributed by atoms with van der Waals surface area (Å²) in [4.78, 5) is 27.6. The SMILES string of the molecule is Cc1nc(C)c(-c2nn(C(C)c3oc4cccc(F)c4c(=O)c3-c3cccc(F)c3)c3ncnc(N)c23)s1. The number of thiazole rings is 1. The van der Waals surface area contributed by atoms with Gasteiger partial charge in [-0.05, 0) is 50.6 Å². The number of fused-ring (bicyclic) bond motifs is 2. The van der Waals surface area contributed by atoms with Crippen molar-refractivity contribution in [3.05, 3.63) is 87.1 Å². The molecule has 0 saturated heterocycles. The molecule has 0 aliphatic carbocycles. The van der Waals surface area contributed by atoms with Crippen LogP contribution in [0.4, 0.5) is 14.6 Å². The molecule has 1 unspecified atom stereocenters. The molecule has 1 atom stereocenters. The van der Waals surface area contributed by atoms with E-state index in [1.165, 1.54) is 54.1 Å². The van der Waals surface area contributed by atoms with E-state index in [0.717, 1.165) is 15.6 Å². The van der Waals surface area contributed by atoms with Crippen molar-refractivity contribution in [1.29, 1.82) is 0 Å². The van der Waals surface area contributed by atoms with E-state index < -0.39 is 23.1 Å². The van der Waals surface area contributed by atoms with Crippen molar-refractivity contribution in [2.24, 2.45) is 0 Å². The van der Waals surface area contributed by atoms with Gasteiger partial charge in [0.15, 0.2) is 5.65 Å². The molecule has 2 N–H and O–H groups in total. The van der Waals surface area contributed by atoms with Crippen molar-refractivity contribution in [2.75, 3.05) is 5.73 Å². The van der Waals surface area contributed by atoms with Gasteiger partial charge < -0.3 is 10.2 Å². The number of hydrogen-bond donors (Lipinski definition) is 1. The number of nitrogens with zero attached hydrogens (tertiary/aromatic N) is 5. The molecule has 11 heteroatoms. The van der Waals surface area contributed by atoms with Crippen molar-refractivity contribution in [2.45, 2.75) is 26.8 Å². The predicted octanol–water partition coefficient (Wildman–Crippen LogP) is 5.81. The highest BCUT2D eigenvalue weighted by Crippen LogP contribution is 2.39. The molecule has 4 aromatic heterocycles. The minimum absolute atomic E-state index is 0.0339. The fraction of sp³-hybridized carbons (Fsp3) is 0.148. The van der Waals surface area contributed by atoms with Gasteiger partial charge in [-0.2, -0.15) is 5.10 Å². The maximum absolute atomic E-state index is 14.8. The summed E-state index contributed by atoms with van der Waals surface area (Å²) < 4.78 is 36.8. The highest BCUT2D eigenvalue weighted by molar-refractivity contribution is 7.15. The number of rotatable bonds is 4. The van der Waals surface area contributed by atoms with Crippen LogP contribution in [0.5, 0.6) is 0 Å². The van der Waals surface area contributed by atoms with E-state index in [2.05, 4.69) is 15.0 Å². The predicted molar refractivity (Wildman–Crippen MR) is 142 cm³/mol. The van der Waals surface area contributed by atoms with Gasteiger partial charge in [-0.25, -0.2) is 28.4 Å². The van der Waals surface area contributed by atoms with E-state index in [1.807, 2.05) is 13.8 Å². The van der Waals surface area contributed by atoms with Gasteiger partial charge in [0.1, 0.15) is 52.2 Å². The molecule has 0 spiro atoms. The van der Waals surface area contributed by atoms with Crippen LogP contribution >= 0.6 is 11.3 Å². The minimum atomic E-state index is -0.728. The van der Waals surface area contributed by atoms with Gasteiger partial charge in [-0.15, -0.1) is 11.3 Å². The van der Waals surface area contributed by atoms with E-state index >= 15 is 0 Å². The quantitative estimate of drug-likeness (QED) is 0.306. The molecule has 0 fully saturated rings. The lowest BCUT2D eigenvalue weighted by molar-refractivity contribution is 0.445. The van der Waals surface area contributed by atoms with Crippen molar-refractivity contribution >= 4 is 39.2 Å². The molecule has 0 aliphatic rings. The van der Waals surface area contributed by atoms with Gasteiger partial charge in [-0.1, -0.05) is 18.2 Å². The highest BCUT2D eigenvalue weighted by Gasteiger charge is 2.28. The Morgan fingerprint density at radius 2 is 1.87 bits per heavy atom. The maximum Gasteiger partial charge on any atom is 0.203 e. The summed E-state index contributed by atoms with van der Waals surface area (Å²) in [6.07, 6.45) is 1.33. The van der Waals surface area contributed by atoms with Crippen molar-refractivity contribution in [3.63, 3.8) is 0 Å². The Hall–Kier alpha value is -4.51. The number of nitrogen functional groups attached to an aromatic ring is 1. The number of halogens is 2. The van der Waals surface area contributed by atoms with Gasteiger partial charge in [0.05, 0.1) is 26.5 Å². The summed E-state index contributed by atoms with van der Waals surface area (Å²) in [5.74, 6) is -0.862. The molecule has 4 heterocycles. The summed E-state index contributed by atoms with van der Waals surface area (Å²) >= 11 is 1.46. The Bertz CT molecular complexity index is 1940. The third kappa shape index (κ3) is 3.66. The molecule has 190 valence electrons. The molecule has 6 rings (SSSR count). The first-order chi connectivity index (χ1) is 18.2. The fourth-order valence-corrected chi connectivity index (χ4v) is 5.63. The Balaban J connectivity index is 1.67. The molecule has 38 heavy (non-hydrogen) atoms. The summed E-state index contributed by atoms with van der Waals surface area (Å²) in [6, 6.07) is 8.97. The standard InChI is InChI=1S/C27H20F2N6O2S/c1-12-25(38-14(3)33-12)22-21-26(30)31-11-32-27(21)35(34-22)13(2)24-19(15-6-4-7-16(28)10-15)23(36)20-17(29)8-5-9-18(20)37-24/h4-11,13H,1-3H3,(H2,30,31,32). The second kappa shape index (κ2) is 8.80. The van der Waals surface area contributed by atoms with Gasteiger partial charge >= 0.3 is 0 Å². The highest BCUT2D eigenvalue weighted by atomic mass is 32.1. The van der Waals surface area contributed by atoms with Crippen molar-refractivity contribution in [3.8, 4) is 21.7 Å². The van der Waals surface area contributed by atoms with Crippen molar-refractivity contribution < 1.29 is 13.2 Å². The van der Waals surface area contributed by atoms with Crippen LogP contribution in [0.25, 0.3) is 43.7 Å². The first-order valence-electron chi connectivity index (χ1n) is 11.7. The van der Waals surface area contributed by atoms with Gasteiger partial charge in [0, 0.05) is 0 Å². The fourth-order valence-electron chi connectivity index (χ4n) is 4.71. The topological polar surface area (TPSA) is 113 Å². The summed E-state index contributed by atoms with van der Waals surface area (Å²) in [7, 11) is 0. The lowest BCUT2D eigenvalue weighted by atomic mass is 9.99. The summed E-state index contributed by atoms with van der Waals surface area (Å²) in [5, 5.41) is 6.03. The maximum atomic E-state index is 14.8. The number of anilines is 1. The number of aryl methyl sites for hydroxylation is 2. The third-order valence-electron chi connectivity index (χ3n) is 6.39. The van der Waals surface area contributed by atoms with Crippen LogP contribution in [-0.2, 0) is 0 Å². The first kappa shape index (κ1) is 23.9. The van der Waals surface area contributed by atoms with Crippen LogP contribution in [0.3, 0.4) is 0 Å². The summed E-state index contributed by atoms with van der Waals surface area (Å²) in [5.41, 5.74) is 7.77. The average molecular weight is 531 g/mol. The molecule has 0 amide bonds. The van der Waals surface area contributed by atoms with Crippen LogP contribution in [-0.4, -0.2) is 24.7 Å². The number of nitrogens with two attached hydrogens (primary N) is 1. The molecule has 6 aromatic rings. The van der Waals surface area contributed by atoms with E-state index in [0.29, 0.717) is 16.7 Å². The van der Waals surface area contributed by atoms with E-state index in [9.17, 15) is 13.6 Å². The van der Waals surface area contributed by atoms with E-state index in [1.54, 1.807) is 17.7 Å². The average Bonchev–Trinajstić information content (AvgIpc) is 3.43. The molecule has 0 saturated carbocycles. The van der Waals surface area contributed by atoms with Crippen LogP contribution in [0.15, 0.2) is 58.0 Å². The van der Waals surface area contributed by atoms with Crippen LogP contribution in [0.2, 0.25) is 0 Å². The van der Waals surface area contributed by atoms with Crippen LogP contribution < -0.4 is 11.2 Å². The Kier molecular flexibility index (Phi) is 5.53. The number of aromatic nitrogens is 5. The number of hydrogen-bond acceptors (Lipinski definition) is 8. The van der Waals surface area contributed by atoms with Gasteiger partial charge in [0.2, 0.25) is 5.43 Å². The lowest BCUT2D eigenvalue weighted by Crippen LogP contribution is -2.17. The van der Waals surface area contributed by atoms with E-state index in [-0.39, 0.29) is 33.7 Å². The molecule has 2 aromatic carbocycles. The molecular formula is C27H20F2N6O2S. The minimum Gasteiger partial charge on any atom is -0.458 e. The molecule has 0 bridgehead atoms. The molecule has 8 nitrogen and oxygen atoms in total. The zero-order chi connectivity index (χ0) is 26.7. The monoisotopic (exact) mass is 530 g/mol. The summed E-state index contributed by atoms with van der Waals surface area (Å²) in [6.45, 7) is 5.55. The van der Waals surface area contributed by atoms with Crippen LogP contribution in [0.1, 0.15) is 29.4 Å². The van der Waals surface area contributed by atoms with Gasteiger partial charge in [0.25, 0.3) is 0 Å². The van der Waals surface area contributed by atoms with Crippen molar-refractivity contribution in [1.82, 2.24) is 24.7 Å². The van der Waals surface area contributed by atoms with Gasteiger partial charge in [-0.3, -0.25) is 4.79 Å². The zero-order valence-corrected chi connectivity index (χ0v) is 21.3.